The molecule has 7 heteroatoms. The van der Waals surface area contributed by atoms with Crippen LogP contribution in [0.5, 0.6) is 0 Å². The normalized spacial score (nSPS) is 11.6. The molecule has 0 saturated carbocycles. The van der Waals surface area contributed by atoms with Crippen LogP contribution in [-0.4, -0.2) is 31.7 Å². The Morgan fingerprint density at radius 1 is 1.12 bits per heavy atom. The van der Waals surface area contributed by atoms with E-state index in [2.05, 4.69) is 5.32 Å². The predicted molar refractivity (Wildman–Crippen MR) is 95.4 cm³/mol. The number of aryl methyl sites for hydroxylation is 2. The number of sulfonamides is 1. The summed E-state index contributed by atoms with van der Waals surface area (Å²) in [6.07, 6.45) is 0. The van der Waals surface area contributed by atoms with Crippen molar-refractivity contribution in [1.29, 1.82) is 0 Å². The lowest BCUT2D eigenvalue weighted by Crippen LogP contribution is -2.37. The minimum Gasteiger partial charge on any atom is -0.325 e. The molecule has 0 bridgehead atoms. The molecule has 5 nitrogen and oxygen atoms in total. The zero-order valence-electron chi connectivity index (χ0n) is 14.4. The number of rotatable bonds is 6. The Hall–Kier alpha value is -2.25. The van der Waals surface area contributed by atoms with Gasteiger partial charge in [0.1, 0.15) is 5.82 Å². The van der Waals surface area contributed by atoms with E-state index in [4.69, 9.17) is 0 Å². The van der Waals surface area contributed by atoms with Gasteiger partial charge < -0.3 is 5.32 Å². The minimum absolute atomic E-state index is 0.0460. The maximum absolute atomic E-state index is 13.0. The maximum atomic E-state index is 13.0. The molecule has 2 rings (SSSR count). The van der Waals surface area contributed by atoms with Crippen LogP contribution in [-0.2, 0) is 14.8 Å². The number of carbonyl (C=O) groups is 1. The second kappa shape index (κ2) is 7.76. The molecule has 2 aromatic rings. The molecule has 0 aromatic heterocycles. The van der Waals surface area contributed by atoms with Gasteiger partial charge in [0.05, 0.1) is 11.4 Å². The summed E-state index contributed by atoms with van der Waals surface area (Å²) >= 11 is 0. The zero-order chi connectivity index (χ0) is 18.6. The summed E-state index contributed by atoms with van der Waals surface area (Å²) in [5.74, 6) is -0.948. The fraction of sp³-hybridized carbons (Fsp3) is 0.278. The quantitative estimate of drug-likeness (QED) is 0.856. The van der Waals surface area contributed by atoms with Gasteiger partial charge in [-0.15, -0.1) is 0 Å². The van der Waals surface area contributed by atoms with E-state index in [9.17, 15) is 17.6 Å². The smallest absolute Gasteiger partial charge is 0.243 e. The van der Waals surface area contributed by atoms with Crippen molar-refractivity contribution in [3.05, 3.63) is 59.4 Å². The first kappa shape index (κ1) is 19.1. The highest BCUT2D eigenvalue weighted by Crippen LogP contribution is 2.18. The topological polar surface area (TPSA) is 66.5 Å². The van der Waals surface area contributed by atoms with Crippen LogP contribution >= 0.6 is 0 Å². The van der Waals surface area contributed by atoms with Gasteiger partial charge in [-0.05, 0) is 55.3 Å². The Morgan fingerprint density at radius 2 is 1.76 bits per heavy atom. The van der Waals surface area contributed by atoms with Crippen molar-refractivity contribution < 1.29 is 17.6 Å². The second-order valence-corrected chi connectivity index (χ2v) is 7.69. The number of benzene rings is 2. The first-order valence-electron chi connectivity index (χ1n) is 7.87. The van der Waals surface area contributed by atoms with Crippen molar-refractivity contribution in [3.8, 4) is 0 Å². The summed E-state index contributed by atoms with van der Waals surface area (Å²) in [6, 6.07) is 10.2. The number of hydrogen-bond acceptors (Lipinski definition) is 3. The van der Waals surface area contributed by atoms with Gasteiger partial charge in [-0.2, -0.15) is 4.31 Å². The van der Waals surface area contributed by atoms with Crippen molar-refractivity contribution in [2.75, 3.05) is 18.4 Å². The molecule has 134 valence electrons. The third-order valence-corrected chi connectivity index (χ3v) is 5.73. The Kier molecular flexibility index (Phi) is 5.92. The first-order chi connectivity index (χ1) is 11.7. The number of likely N-dealkylation sites (N-methyl/N-ethyl adjacent to an activating group) is 1. The molecule has 25 heavy (non-hydrogen) atoms. The van der Waals surface area contributed by atoms with Crippen LogP contribution in [0.15, 0.2) is 47.4 Å². The van der Waals surface area contributed by atoms with Gasteiger partial charge in [0.25, 0.3) is 0 Å². The summed E-state index contributed by atoms with van der Waals surface area (Å²) < 4.78 is 39.3. The van der Waals surface area contributed by atoms with Crippen LogP contribution in [0.3, 0.4) is 0 Å². The fourth-order valence-corrected chi connectivity index (χ4v) is 3.75. The van der Waals surface area contributed by atoms with Crippen LogP contribution in [0.4, 0.5) is 10.1 Å². The van der Waals surface area contributed by atoms with Gasteiger partial charge in [-0.3, -0.25) is 4.79 Å². The molecule has 0 atom stereocenters. The Morgan fingerprint density at radius 3 is 2.36 bits per heavy atom. The molecular weight excluding hydrogens is 343 g/mol. The molecule has 0 aliphatic carbocycles. The monoisotopic (exact) mass is 364 g/mol. The molecule has 0 aliphatic rings. The van der Waals surface area contributed by atoms with Gasteiger partial charge in [-0.1, -0.05) is 19.1 Å². The van der Waals surface area contributed by atoms with Crippen molar-refractivity contribution in [3.63, 3.8) is 0 Å². The molecule has 1 amide bonds. The van der Waals surface area contributed by atoms with E-state index >= 15 is 0 Å². The molecular formula is C18H21FN2O3S. The largest absolute Gasteiger partial charge is 0.325 e. The van der Waals surface area contributed by atoms with E-state index in [1.54, 1.807) is 6.92 Å². The lowest BCUT2D eigenvalue weighted by Gasteiger charge is -2.20. The highest BCUT2D eigenvalue weighted by Gasteiger charge is 2.25. The van der Waals surface area contributed by atoms with Crippen molar-refractivity contribution in [1.82, 2.24) is 4.31 Å². The fourth-order valence-electron chi connectivity index (χ4n) is 2.34. The third kappa shape index (κ3) is 4.64. The highest BCUT2D eigenvalue weighted by atomic mass is 32.2. The molecule has 0 fully saturated rings. The van der Waals surface area contributed by atoms with Gasteiger partial charge in [0.2, 0.25) is 15.9 Å². The average Bonchev–Trinajstić information content (AvgIpc) is 2.56. The number of nitrogens with one attached hydrogen (secondary N) is 1. The van der Waals surface area contributed by atoms with Crippen LogP contribution in [0.2, 0.25) is 0 Å². The average molecular weight is 364 g/mol. The van der Waals surface area contributed by atoms with Crippen LogP contribution in [0.25, 0.3) is 0 Å². The highest BCUT2D eigenvalue weighted by molar-refractivity contribution is 7.89. The molecule has 2 aromatic carbocycles. The van der Waals surface area contributed by atoms with E-state index in [1.807, 2.05) is 32.0 Å². The second-order valence-electron chi connectivity index (χ2n) is 5.75. The predicted octanol–water partition coefficient (Wildman–Crippen LogP) is 3.09. The van der Waals surface area contributed by atoms with Gasteiger partial charge in [0, 0.05) is 12.2 Å². The third-order valence-electron chi connectivity index (χ3n) is 3.79. The molecule has 1 N–H and O–H groups in total. The Bertz CT molecular complexity index is 864. The van der Waals surface area contributed by atoms with E-state index in [0.717, 1.165) is 27.6 Å². The summed E-state index contributed by atoms with van der Waals surface area (Å²) in [6.45, 7) is 5.23. The SMILES string of the molecule is CCN(CC(=O)Nc1cc(C)ccc1C)S(=O)(=O)c1ccc(F)cc1. The van der Waals surface area contributed by atoms with Crippen LogP contribution in [0.1, 0.15) is 18.1 Å². The summed E-state index contributed by atoms with van der Waals surface area (Å²) in [5.41, 5.74) is 2.54. The number of anilines is 1. The lowest BCUT2D eigenvalue weighted by atomic mass is 10.1. The number of amides is 1. The Labute approximate surface area is 147 Å². The standard InChI is InChI=1S/C18H21FN2O3S/c1-4-21(25(23,24)16-9-7-15(19)8-10-16)12-18(22)20-17-11-13(2)5-6-14(17)3/h5-11H,4,12H2,1-3H3,(H,20,22). The Balaban J connectivity index is 2.16. The number of halogens is 1. The first-order valence-corrected chi connectivity index (χ1v) is 9.31. The molecule has 0 unspecified atom stereocenters. The van der Waals surface area contributed by atoms with Crippen molar-refractivity contribution in [2.24, 2.45) is 0 Å². The zero-order valence-corrected chi connectivity index (χ0v) is 15.2. The molecule has 0 spiro atoms. The molecule has 0 aliphatic heterocycles. The van der Waals surface area contributed by atoms with Crippen LogP contribution < -0.4 is 5.32 Å². The maximum Gasteiger partial charge on any atom is 0.243 e. The van der Waals surface area contributed by atoms with E-state index < -0.39 is 21.7 Å². The summed E-state index contributed by atoms with van der Waals surface area (Å²) in [4.78, 5) is 12.3. The van der Waals surface area contributed by atoms with Crippen molar-refractivity contribution in [2.45, 2.75) is 25.7 Å². The number of carbonyl (C=O) groups excluding carboxylic acids is 1. The van der Waals surface area contributed by atoms with E-state index in [1.165, 1.54) is 12.1 Å². The van der Waals surface area contributed by atoms with Gasteiger partial charge in [-0.25, -0.2) is 12.8 Å². The van der Waals surface area contributed by atoms with E-state index in [-0.39, 0.29) is 18.0 Å². The van der Waals surface area contributed by atoms with Gasteiger partial charge in [0.15, 0.2) is 0 Å². The molecule has 0 radical (unpaired) electrons. The summed E-state index contributed by atoms with van der Waals surface area (Å²) in [7, 11) is -3.87. The number of hydrogen-bond donors (Lipinski definition) is 1. The molecule has 0 heterocycles. The lowest BCUT2D eigenvalue weighted by molar-refractivity contribution is -0.116. The summed E-state index contributed by atoms with van der Waals surface area (Å²) in [5, 5.41) is 2.74. The van der Waals surface area contributed by atoms with Gasteiger partial charge >= 0.3 is 0 Å². The van der Waals surface area contributed by atoms with E-state index in [0.29, 0.717) is 5.69 Å². The number of nitrogens with zero attached hydrogens (tertiary/aromatic N) is 1. The minimum atomic E-state index is -3.87. The van der Waals surface area contributed by atoms with Crippen LogP contribution in [0, 0.1) is 19.7 Å². The molecule has 0 saturated heterocycles. The van der Waals surface area contributed by atoms with Crippen molar-refractivity contribution >= 4 is 21.6 Å².